The zero-order valence-electron chi connectivity index (χ0n) is 14.2. The minimum atomic E-state index is -0.0119. The van der Waals surface area contributed by atoms with Gasteiger partial charge in [0.2, 0.25) is 11.9 Å². The summed E-state index contributed by atoms with van der Waals surface area (Å²) in [5, 5.41) is 6.01. The number of carbonyl (C=O) groups excluding carboxylic acids is 1. The van der Waals surface area contributed by atoms with Gasteiger partial charge in [-0.05, 0) is 31.3 Å². The highest BCUT2D eigenvalue weighted by Gasteiger charge is 2.21. The van der Waals surface area contributed by atoms with Crippen LogP contribution in [0.15, 0.2) is 41.3 Å². The molecule has 0 spiro atoms. The van der Waals surface area contributed by atoms with Gasteiger partial charge in [-0.25, -0.2) is 9.97 Å². The molecule has 1 atom stereocenters. The Morgan fingerprint density at radius 1 is 1.25 bits per heavy atom. The van der Waals surface area contributed by atoms with E-state index in [0.717, 1.165) is 18.8 Å². The number of carbonyl (C=O) groups is 1. The molecule has 2 rings (SSSR count). The zero-order chi connectivity index (χ0) is 17.2. The van der Waals surface area contributed by atoms with E-state index in [2.05, 4.69) is 39.3 Å². The van der Waals surface area contributed by atoms with Crippen molar-refractivity contribution in [3.63, 3.8) is 0 Å². The lowest BCUT2D eigenvalue weighted by Gasteiger charge is -2.28. The Kier molecular flexibility index (Phi) is 7.22. The number of hydrogen-bond donors (Lipinski definition) is 2. The van der Waals surface area contributed by atoms with Crippen molar-refractivity contribution >= 4 is 11.9 Å². The molecule has 2 N–H and O–H groups in total. The normalized spacial score (nSPS) is 12.1. The second-order valence-electron chi connectivity index (χ2n) is 5.31. The van der Waals surface area contributed by atoms with E-state index in [1.807, 2.05) is 12.1 Å². The number of amides is 1. The van der Waals surface area contributed by atoms with Crippen LogP contribution in [0.4, 0.5) is 5.95 Å². The van der Waals surface area contributed by atoms with Gasteiger partial charge < -0.3 is 15.1 Å². The molecule has 1 amide bonds. The summed E-state index contributed by atoms with van der Waals surface area (Å²) in [4.78, 5) is 22.4. The molecule has 130 valence electrons. The molecule has 7 nitrogen and oxygen atoms in total. The lowest BCUT2D eigenvalue weighted by molar-refractivity contribution is -0.121. The molecule has 0 saturated carbocycles. The van der Waals surface area contributed by atoms with Gasteiger partial charge in [0, 0.05) is 31.9 Å². The first-order chi connectivity index (χ1) is 11.7. The Morgan fingerprint density at radius 2 is 2.00 bits per heavy atom. The lowest BCUT2D eigenvalue weighted by Crippen LogP contribution is -2.38. The van der Waals surface area contributed by atoms with E-state index in [9.17, 15) is 4.79 Å². The molecule has 0 aliphatic rings. The van der Waals surface area contributed by atoms with Gasteiger partial charge in [0.25, 0.3) is 0 Å². The number of hydrogen-bond acceptors (Lipinski definition) is 6. The number of nitrogens with zero attached hydrogens (tertiary/aromatic N) is 3. The second-order valence-corrected chi connectivity index (χ2v) is 5.31. The van der Waals surface area contributed by atoms with Crippen LogP contribution in [0.2, 0.25) is 0 Å². The third kappa shape index (κ3) is 5.34. The topological polar surface area (TPSA) is 83.3 Å². The van der Waals surface area contributed by atoms with Crippen molar-refractivity contribution in [3.8, 4) is 0 Å². The van der Waals surface area contributed by atoms with E-state index in [1.54, 1.807) is 24.7 Å². The van der Waals surface area contributed by atoms with Crippen molar-refractivity contribution in [2.75, 3.05) is 31.5 Å². The summed E-state index contributed by atoms with van der Waals surface area (Å²) in [6.07, 6.45) is 5.35. The molecule has 0 aromatic carbocycles. The highest BCUT2D eigenvalue weighted by atomic mass is 16.3. The van der Waals surface area contributed by atoms with Crippen LogP contribution in [-0.4, -0.2) is 47.0 Å². The van der Waals surface area contributed by atoms with Crippen molar-refractivity contribution in [2.45, 2.75) is 26.3 Å². The Labute approximate surface area is 142 Å². The van der Waals surface area contributed by atoms with Gasteiger partial charge in [0.05, 0.1) is 12.3 Å². The van der Waals surface area contributed by atoms with Crippen LogP contribution in [0.25, 0.3) is 0 Å². The molecular formula is C17H25N5O2. The van der Waals surface area contributed by atoms with Gasteiger partial charge in [-0.1, -0.05) is 13.8 Å². The molecule has 0 saturated heterocycles. The third-order valence-electron chi connectivity index (χ3n) is 3.82. The highest BCUT2D eigenvalue weighted by Crippen LogP contribution is 2.20. The maximum absolute atomic E-state index is 12.1. The number of furan rings is 1. The summed E-state index contributed by atoms with van der Waals surface area (Å²) < 4.78 is 5.53. The van der Waals surface area contributed by atoms with Crippen molar-refractivity contribution in [1.29, 1.82) is 0 Å². The maximum Gasteiger partial charge on any atom is 0.222 e. The van der Waals surface area contributed by atoms with Crippen molar-refractivity contribution < 1.29 is 9.21 Å². The average molecular weight is 331 g/mol. The Morgan fingerprint density at radius 3 is 2.62 bits per heavy atom. The summed E-state index contributed by atoms with van der Waals surface area (Å²) in [6, 6.07) is 5.62. The highest BCUT2D eigenvalue weighted by molar-refractivity contribution is 5.76. The molecule has 0 aliphatic carbocycles. The number of likely N-dealkylation sites (N-methyl/N-ethyl adjacent to an activating group) is 1. The van der Waals surface area contributed by atoms with Gasteiger partial charge in [0.15, 0.2) is 0 Å². The molecule has 24 heavy (non-hydrogen) atoms. The van der Waals surface area contributed by atoms with E-state index in [-0.39, 0.29) is 11.9 Å². The summed E-state index contributed by atoms with van der Waals surface area (Å²) in [6.45, 7) is 7.01. The van der Waals surface area contributed by atoms with Crippen LogP contribution in [0.3, 0.4) is 0 Å². The Balaban J connectivity index is 1.79. The molecule has 0 bridgehead atoms. The zero-order valence-corrected chi connectivity index (χ0v) is 14.2. The smallest absolute Gasteiger partial charge is 0.222 e. The van der Waals surface area contributed by atoms with Crippen LogP contribution >= 0.6 is 0 Å². The fraction of sp³-hybridized carbons (Fsp3) is 0.471. The summed E-state index contributed by atoms with van der Waals surface area (Å²) in [5.41, 5.74) is 0. The fourth-order valence-corrected chi connectivity index (χ4v) is 2.53. The molecule has 0 fully saturated rings. The number of rotatable bonds is 10. The molecular weight excluding hydrogens is 306 g/mol. The first-order valence-corrected chi connectivity index (χ1v) is 8.29. The van der Waals surface area contributed by atoms with Crippen molar-refractivity contribution in [3.05, 3.63) is 42.6 Å². The van der Waals surface area contributed by atoms with E-state index in [4.69, 9.17) is 4.42 Å². The monoisotopic (exact) mass is 331 g/mol. The minimum Gasteiger partial charge on any atom is -0.468 e. The second kappa shape index (κ2) is 9.67. The minimum absolute atomic E-state index is 0.0119. The third-order valence-corrected chi connectivity index (χ3v) is 3.82. The van der Waals surface area contributed by atoms with E-state index in [1.165, 1.54) is 0 Å². The largest absolute Gasteiger partial charge is 0.468 e. The van der Waals surface area contributed by atoms with Gasteiger partial charge >= 0.3 is 0 Å². The van der Waals surface area contributed by atoms with E-state index >= 15 is 0 Å². The van der Waals surface area contributed by atoms with Crippen LogP contribution < -0.4 is 10.6 Å². The molecule has 1 unspecified atom stereocenters. The first-order valence-electron chi connectivity index (χ1n) is 8.29. The van der Waals surface area contributed by atoms with Gasteiger partial charge in [-0.3, -0.25) is 9.69 Å². The first kappa shape index (κ1) is 17.9. The number of aromatic nitrogens is 2. The predicted molar refractivity (Wildman–Crippen MR) is 92.5 cm³/mol. The Hall–Kier alpha value is -2.41. The average Bonchev–Trinajstić information content (AvgIpc) is 3.14. The lowest BCUT2D eigenvalue weighted by atomic mass is 10.2. The van der Waals surface area contributed by atoms with Crippen LogP contribution in [-0.2, 0) is 4.79 Å². The summed E-state index contributed by atoms with van der Waals surface area (Å²) in [5.74, 6) is 1.39. The van der Waals surface area contributed by atoms with Crippen molar-refractivity contribution in [1.82, 2.24) is 20.2 Å². The van der Waals surface area contributed by atoms with E-state index < -0.39 is 0 Å². The van der Waals surface area contributed by atoms with Crippen LogP contribution in [0.5, 0.6) is 0 Å². The van der Waals surface area contributed by atoms with E-state index in [0.29, 0.717) is 25.5 Å². The van der Waals surface area contributed by atoms with Crippen LogP contribution in [0, 0.1) is 0 Å². The molecule has 2 aromatic rings. The molecule has 0 aliphatic heterocycles. The summed E-state index contributed by atoms with van der Waals surface area (Å²) in [7, 11) is 0. The van der Waals surface area contributed by atoms with Gasteiger partial charge in [0.1, 0.15) is 5.76 Å². The predicted octanol–water partition coefficient (Wildman–Crippen LogP) is 2.07. The molecule has 0 radical (unpaired) electrons. The molecule has 2 heterocycles. The van der Waals surface area contributed by atoms with Crippen molar-refractivity contribution in [2.24, 2.45) is 0 Å². The Bertz CT molecular complexity index is 584. The fourth-order valence-electron chi connectivity index (χ4n) is 2.53. The van der Waals surface area contributed by atoms with Gasteiger partial charge in [-0.15, -0.1) is 0 Å². The standard InChI is InChI=1S/C17H25N5O2/c1-3-22(4-2)14(15-7-5-12-24-15)13-21-16(23)8-11-20-17-18-9-6-10-19-17/h5-7,9-10,12,14H,3-4,8,11,13H2,1-2H3,(H,21,23)(H,18,19,20). The van der Waals surface area contributed by atoms with Crippen LogP contribution in [0.1, 0.15) is 32.1 Å². The molecule has 7 heteroatoms. The molecule has 2 aromatic heterocycles. The SMILES string of the molecule is CCN(CC)C(CNC(=O)CCNc1ncccn1)c1ccco1. The number of nitrogens with one attached hydrogen (secondary N) is 2. The number of anilines is 1. The summed E-state index contributed by atoms with van der Waals surface area (Å²) >= 11 is 0. The quantitative estimate of drug-likeness (QED) is 0.693. The van der Waals surface area contributed by atoms with Gasteiger partial charge in [-0.2, -0.15) is 0 Å². The maximum atomic E-state index is 12.1.